The molecule has 2 aromatic rings. The standard InChI is InChI=1S/C18H21NO/c1-3-20-18(17-12-8-5-9-13-17)19-15(2)14-16-10-6-4-7-11-16/h4-13,15H,3,14H2,1-2H3/b19-18+. The van der Waals surface area contributed by atoms with Crippen LogP contribution in [0.1, 0.15) is 25.0 Å². The van der Waals surface area contributed by atoms with E-state index >= 15 is 0 Å². The molecule has 0 fully saturated rings. The maximum Gasteiger partial charge on any atom is 0.216 e. The molecule has 1 unspecified atom stereocenters. The summed E-state index contributed by atoms with van der Waals surface area (Å²) in [6.45, 7) is 4.74. The lowest BCUT2D eigenvalue weighted by molar-refractivity contribution is 0.325. The molecule has 0 amide bonds. The Morgan fingerprint density at radius 2 is 1.60 bits per heavy atom. The number of benzene rings is 2. The highest BCUT2D eigenvalue weighted by molar-refractivity contribution is 5.94. The van der Waals surface area contributed by atoms with E-state index in [4.69, 9.17) is 9.73 Å². The Kier molecular flexibility index (Phi) is 5.36. The largest absolute Gasteiger partial charge is 0.478 e. The molecular formula is C18H21NO. The summed E-state index contributed by atoms with van der Waals surface area (Å²) in [6.07, 6.45) is 0.921. The smallest absolute Gasteiger partial charge is 0.216 e. The summed E-state index contributed by atoms with van der Waals surface area (Å²) in [5, 5.41) is 0. The van der Waals surface area contributed by atoms with Crippen LogP contribution < -0.4 is 0 Å². The van der Waals surface area contributed by atoms with Gasteiger partial charge >= 0.3 is 0 Å². The fourth-order valence-corrected chi connectivity index (χ4v) is 2.11. The molecule has 0 radical (unpaired) electrons. The van der Waals surface area contributed by atoms with Gasteiger partial charge in [0.25, 0.3) is 0 Å². The quantitative estimate of drug-likeness (QED) is 0.590. The van der Waals surface area contributed by atoms with Crippen LogP contribution in [0.25, 0.3) is 0 Å². The van der Waals surface area contributed by atoms with E-state index in [1.165, 1.54) is 5.56 Å². The molecule has 20 heavy (non-hydrogen) atoms. The fourth-order valence-electron chi connectivity index (χ4n) is 2.11. The van der Waals surface area contributed by atoms with E-state index in [1.54, 1.807) is 0 Å². The molecule has 0 saturated heterocycles. The molecule has 104 valence electrons. The molecular weight excluding hydrogens is 246 g/mol. The molecule has 0 saturated carbocycles. The average molecular weight is 267 g/mol. The summed E-state index contributed by atoms with van der Waals surface area (Å²) in [6, 6.07) is 20.7. The van der Waals surface area contributed by atoms with Gasteiger partial charge in [-0.15, -0.1) is 0 Å². The Hall–Kier alpha value is -2.09. The number of rotatable bonds is 5. The Labute approximate surface area is 121 Å². The molecule has 1 atom stereocenters. The van der Waals surface area contributed by atoms with Crippen LogP contribution in [0.4, 0.5) is 0 Å². The topological polar surface area (TPSA) is 21.6 Å². The first-order valence-corrected chi connectivity index (χ1v) is 7.09. The second-order valence-electron chi connectivity index (χ2n) is 4.77. The van der Waals surface area contributed by atoms with Gasteiger partial charge in [0.2, 0.25) is 5.90 Å². The minimum atomic E-state index is 0.194. The molecule has 0 heterocycles. The monoisotopic (exact) mass is 267 g/mol. The fraction of sp³-hybridized carbons (Fsp3) is 0.278. The van der Waals surface area contributed by atoms with Crippen LogP contribution in [0, 0.1) is 0 Å². The molecule has 0 aromatic heterocycles. The molecule has 0 aliphatic heterocycles. The van der Waals surface area contributed by atoms with Crippen molar-refractivity contribution in [3.05, 3.63) is 71.8 Å². The summed E-state index contributed by atoms with van der Waals surface area (Å²) >= 11 is 0. The van der Waals surface area contributed by atoms with Crippen molar-refractivity contribution < 1.29 is 4.74 Å². The molecule has 0 aliphatic carbocycles. The van der Waals surface area contributed by atoms with E-state index in [0.29, 0.717) is 6.61 Å². The minimum absolute atomic E-state index is 0.194. The van der Waals surface area contributed by atoms with Gasteiger partial charge in [-0.3, -0.25) is 0 Å². The number of aliphatic imine (C=N–C) groups is 1. The molecule has 2 nitrogen and oxygen atoms in total. The lowest BCUT2D eigenvalue weighted by Gasteiger charge is -2.12. The van der Waals surface area contributed by atoms with Crippen molar-refractivity contribution in [1.29, 1.82) is 0 Å². The van der Waals surface area contributed by atoms with Crippen molar-refractivity contribution in [2.24, 2.45) is 4.99 Å². The Morgan fingerprint density at radius 3 is 2.20 bits per heavy atom. The van der Waals surface area contributed by atoms with Gasteiger partial charge in [0.1, 0.15) is 0 Å². The number of ether oxygens (including phenoxy) is 1. The first kappa shape index (κ1) is 14.3. The number of hydrogen-bond donors (Lipinski definition) is 0. The Bertz CT molecular complexity index is 534. The third-order valence-electron chi connectivity index (χ3n) is 3.01. The van der Waals surface area contributed by atoms with E-state index in [2.05, 4.69) is 31.2 Å². The van der Waals surface area contributed by atoms with E-state index in [-0.39, 0.29) is 6.04 Å². The van der Waals surface area contributed by atoms with Crippen molar-refractivity contribution >= 4 is 5.90 Å². The number of hydrogen-bond acceptors (Lipinski definition) is 2. The third kappa shape index (κ3) is 4.23. The zero-order valence-corrected chi connectivity index (χ0v) is 12.1. The van der Waals surface area contributed by atoms with E-state index < -0.39 is 0 Å². The predicted octanol–water partition coefficient (Wildman–Crippen LogP) is 4.10. The van der Waals surface area contributed by atoms with Crippen LogP contribution in [0.3, 0.4) is 0 Å². The highest BCUT2D eigenvalue weighted by atomic mass is 16.5. The Balaban J connectivity index is 2.12. The van der Waals surface area contributed by atoms with Gasteiger partial charge in [-0.2, -0.15) is 0 Å². The Morgan fingerprint density at radius 1 is 1.00 bits per heavy atom. The molecule has 2 rings (SSSR count). The highest BCUT2D eigenvalue weighted by Crippen LogP contribution is 2.09. The van der Waals surface area contributed by atoms with Gasteiger partial charge in [-0.1, -0.05) is 48.5 Å². The van der Waals surface area contributed by atoms with Gasteiger partial charge < -0.3 is 4.74 Å². The van der Waals surface area contributed by atoms with Crippen molar-refractivity contribution in [2.45, 2.75) is 26.3 Å². The molecule has 0 spiro atoms. The first-order chi connectivity index (χ1) is 9.79. The van der Waals surface area contributed by atoms with Crippen molar-refractivity contribution in [3.8, 4) is 0 Å². The molecule has 0 N–H and O–H groups in total. The summed E-state index contributed by atoms with van der Waals surface area (Å²) in [4.78, 5) is 4.73. The number of nitrogens with zero attached hydrogens (tertiary/aromatic N) is 1. The molecule has 0 bridgehead atoms. The molecule has 2 heteroatoms. The van der Waals surface area contributed by atoms with Crippen molar-refractivity contribution in [2.75, 3.05) is 6.61 Å². The highest BCUT2D eigenvalue weighted by Gasteiger charge is 2.07. The van der Waals surface area contributed by atoms with Gasteiger partial charge in [-0.25, -0.2) is 4.99 Å². The van der Waals surface area contributed by atoms with Crippen LogP contribution in [-0.4, -0.2) is 18.5 Å². The SMILES string of the molecule is CCO/C(=N/C(C)Cc1ccccc1)c1ccccc1. The maximum absolute atomic E-state index is 5.69. The lowest BCUT2D eigenvalue weighted by atomic mass is 10.1. The molecule has 2 aromatic carbocycles. The van der Waals surface area contributed by atoms with Crippen LogP contribution in [0.2, 0.25) is 0 Å². The lowest BCUT2D eigenvalue weighted by Crippen LogP contribution is -2.13. The normalized spacial score (nSPS) is 13.0. The van der Waals surface area contributed by atoms with Crippen molar-refractivity contribution in [3.63, 3.8) is 0 Å². The van der Waals surface area contributed by atoms with E-state index in [9.17, 15) is 0 Å². The summed E-state index contributed by atoms with van der Waals surface area (Å²) in [5.74, 6) is 0.733. The maximum atomic E-state index is 5.69. The molecule has 0 aliphatic rings. The summed E-state index contributed by atoms with van der Waals surface area (Å²) in [5.41, 5.74) is 2.34. The van der Waals surface area contributed by atoms with Crippen LogP contribution in [0.15, 0.2) is 65.7 Å². The first-order valence-electron chi connectivity index (χ1n) is 7.09. The van der Waals surface area contributed by atoms with Crippen LogP contribution >= 0.6 is 0 Å². The van der Waals surface area contributed by atoms with E-state index in [0.717, 1.165) is 17.9 Å². The second kappa shape index (κ2) is 7.49. The average Bonchev–Trinajstić information content (AvgIpc) is 2.49. The zero-order valence-electron chi connectivity index (χ0n) is 12.1. The zero-order chi connectivity index (χ0) is 14.2. The van der Waals surface area contributed by atoms with Crippen LogP contribution in [-0.2, 0) is 11.2 Å². The van der Waals surface area contributed by atoms with Crippen molar-refractivity contribution in [1.82, 2.24) is 0 Å². The third-order valence-corrected chi connectivity index (χ3v) is 3.01. The predicted molar refractivity (Wildman–Crippen MR) is 84.2 cm³/mol. The minimum Gasteiger partial charge on any atom is -0.478 e. The van der Waals surface area contributed by atoms with Gasteiger partial charge in [0.05, 0.1) is 12.6 Å². The summed E-state index contributed by atoms with van der Waals surface area (Å²) in [7, 11) is 0. The van der Waals surface area contributed by atoms with Gasteiger partial charge in [0.15, 0.2) is 0 Å². The summed E-state index contributed by atoms with van der Waals surface area (Å²) < 4.78 is 5.69. The van der Waals surface area contributed by atoms with Gasteiger partial charge in [-0.05, 0) is 38.0 Å². The second-order valence-corrected chi connectivity index (χ2v) is 4.77. The van der Waals surface area contributed by atoms with E-state index in [1.807, 2.05) is 43.3 Å². The van der Waals surface area contributed by atoms with Gasteiger partial charge in [0, 0.05) is 5.56 Å². The van der Waals surface area contributed by atoms with Crippen LogP contribution in [0.5, 0.6) is 0 Å².